The molecule has 1 atom stereocenters. The van der Waals surface area contributed by atoms with Crippen LogP contribution in [0, 0.1) is 27.3 Å². The lowest BCUT2D eigenvalue weighted by molar-refractivity contribution is -0.384. The van der Waals surface area contributed by atoms with Gasteiger partial charge in [-0.05, 0) is 141 Å². The number of rotatable bonds is 15. The summed E-state index contributed by atoms with van der Waals surface area (Å²) in [6.45, 7) is 11.9. The van der Waals surface area contributed by atoms with E-state index in [2.05, 4.69) is 72.8 Å². The maximum atomic E-state index is 14.1. The number of carbonyl (C=O) groups is 1. The summed E-state index contributed by atoms with van der Waals surface area (Å²) in [5.41, 5.74) is 4.56. The summed E-state index contributed by atoms with van der Waals surface area (Å²) in [7, 11) is -4.59. The number of H-pyrrole nitrogens is 1. The molecular weight excluding hydrogens is 948 g/mol. The van der Waals surface area contributed by atoms with Crippen LogP contribution in [0.1, 0.15) is 111 Å². The van der Waals surface area contributed by atoms with Crippen LogP contribution in [-0.2, 0) is 16.6 Å². The zero-order valence-electron chi connectivity index (χ0n) is 41.7. The number of nitro benzene ring substituents is 1. The maximum Gasteiger partial charge on any atom is 0.293 e. The molecule has 6 aromatic rings. The van der Waals surface area contributed by atoms with Gasteiger partial charge in [0.15, 0.2) is 0 Å². The number of anilines is 2. The van der Waals surface area contributed by atoms with Crippen LogP contribution in [0.5, 0.6) is 11.5 Å². The van der Waals surface area contributed by atoms with Crippen molar-refractivity contribution in [3.63, 3.8) is 0 Å². The van der Waals surface area contributed by atoms with E-state index in [-0.39, 0.29) is 40.2 Å². The Hall–Kier alpha value is -6.40. The standard InChI is InChI=1S/C56H65FN8O7S/c1-37(2)46-6-4-5-7-47(46)51-36-62(35-39-8-10-41(57)11-9-39)26-27-64(51)43-31-56(32-43)21-24-63(25-22-56)42-12-14-48(52(29-42)72-44-28-40-18-23-58-53(40)60-34-44)54(66)61-73(70,71)45-13-15-49(50(30-45)65(68)69)59-33-38-16-19-55(3,67)20-17-38/h4-15,18,23,28-30,34,37-38,43,51,59,67H,16-17,19-22,24-27,31-33,35-36H2,1-3H3,(H,58,60)(H,61,66). The Morgan fingerprint density at radius 3 is 2.45 bits per heavy atom. The molecule has 4 aliphatic rings. The third-order valence-corrected chi connectivity index (χ3v) is 17.4. The molecular formula is C56H65FN8O7S. The van der Waals surface area contributed by atoms with Crippen molar-refractivity contribution in [1.29, 1.82) is 0 Å². The molecule has 4 N–H and O–H groups in total. The van der Waals surface area contributed by atoms with E-state index in [1.165, 1.54) is 29.5 Å². The summed E-state index contributed by atoms with van der Waals surface area (Å²) in [5, 5.41) is 26.5. The van der Waals surface area contributed by atoms with Gasteiger partial charge >= 0.3 is 0 Å². The van der Waals surface area contributed by atoms with E-state index in [1.54, 1.807) is 36.5 Å². The maximum absolute atomic E-state index is 14.1. The molecule has 2 saturated heterocycles. The van der Waals surface area contributed by atoms with Gasteiger partial charge in [0, 0.05) is 87.3 Å². The number of nitrogens with one attached hydrogen (secondary N) is 3. The molecule has 1 spiro atoms. The number of nitrogens with zero attached hydrogens (tertiary/aromatic N) is 5. The molecule has 4 heterocycles. The Balaban J connectivity index is 0.832. The molecule has 1 amide bonds. The van der Waals surface area contributed by atoms with E-state index in [0.717, 1.165) is 100 Å². The number of carbonyl (C=O) groups excluding carboxylic acids is 1. The van der Waals surface area contributed by atoms with Crippen LogP contribution in [0.2, 0.25) is 0 Å². The van der Waals surface area contributed by atoms with Gasteiger partial charge in [-0.25, -0.2) is 22.5 Å². The Morgan fingerprint density at radius 1 is 0.959 bits per heavy atom. The second-order valence-corrected chi connectivity index (χ2v) is 23.2. The minimum Gasteiger partial charge on any atom is -0.455 e. The number of piperidine rings is 1. The van der Waals surface area contributed by atoms with E-state index in [0.29, 0.717) is 42.7 Å². The quantitative estimate of drug-likeness (QED) is 0.0564. The molecule has 2 aliphatic carbocycles. The highest BCUT2D eigenvalue weighted by Crippen LogP contribution is 2.53. The van der Waals surface area contributed by atoms with Crippen molar-refractivity contribution in [3.05, 3.63) is 148 Å². The number of halogens is 1. The number of nitro groups is 1. The zero-order chi connectivity index (χ0) is 51.1. The summed E-state index contributed by atoms with van der Waals surface area (Å²) in [5.74, 6) is -0.114. The molecule has 0 bridgehead atoms. The van der Waals surface area contributed by atoms with Crippen molar-refractivity contribution >= 4 is 44.0 Å². The fourth-order valence-corrected chi connectivity index (χ4v) is 12.8. The van der Waals surface area contributed by atoms with Crippen LogP contribution in [0.25, 0.3) is 11.0 Å². The van der Waals surface area contributed by atoms with Crippen molar-refractivity contribution in [2.45, 2.75) is 107 Å². The third-order valence-electron chi connectivity index (χ3n) is 16.1. The average molecular weight is 1010 g/mol. The predicted molar refractivity (Wildman–Crippen MR) is 280 cm³/mol. The van der Waals surface area contributed by atoms with Crippen molar-refractivity contribution in [3.8, 4) is 11.5 Å². The Morgan fingerprint density at radius 2 is 1.71 bits per heavy atom. The van der Waals surface area contributed by atoms with Crippen LogP contribution in [0.15, 0.2) is 114 Å². The summed E-state index contributed by atoms with van der Waals surface area (Å²) in [6.07, 6.45) is 10.3. The SMILES string of the molecule is CC(C)c1ccccc1C1CN(Cc2ccc(F)cc2)CCN1C1CC2(CCN(c3ccc(C(=O)NS(=O)(=O)c4ccc(NCC5CCC(C)(O)CC5)c([N+](=O)[O-])c4)c(Oc4cnc5[nH]ccc5c4)c3)CC2)C1. The molecule has 2 saturated carbocycles. The fourth-order valence-electron chi connectivity index (χ4n) is 11.8. The van der Waals surface area contributed by atoms with Gasteiger partial charge in [0.2, 0.25) is 0 Å². The van der Waals surface area contributed by atoms with E-state index in [4.69, 9.17) is 4.74 Å². The third kappa shape index (κ3) is 11.1. The van der Waals surface area contributed by atoms with Crippen LogP contribution in [-0.4, -0.2) is 95.0 Å². The van der Waals surface area contributed by atoms with Crippen molar-refractivity contribution in [2.75, 3.05) is 49.5 Å². The Bertz CT molecular complexity index is 3080. The number of aliphatic hydroxyl groups is 1. The molecule has 2 aliphatic heterocycles. The van der Waals surface area contributed by atoms with E-state index >= 15 is 0 Å². The topological polar surface area (TPSA) is 186 Å². The average Bonchev–Trinajstić information content (AvgIpc) is 3.84. The van der Waals surface area contributed by atoms with Gasteiger partial charge in [-0.15, -0.1) is 0 Å². The van der Waals surface area contributed by atoms with E-state index in [1.807, 2.05) is 31.2 Å². The van der Waals surface area contributed by atoms with Crippen molar-refractivity contribution in [1.82, 2.24) is 24.5 Å². The van der Waals surface area contributed by atoms with Gasteiger partial charge in [0.25, 0.3) is 21.6 Å². The minimum absolute atomic E-state index is 0.0394. The number of piperazine rings is 1. The van der Waals surface area contributed by atoms with Gasteiger partial charge in [0.1, 0.15) is 28.7 Å². The lowest BCUT2D eigenvalue weighted by atomic mass is 9.59. The lowest BCUT2D eigenvalue weighted by Crippen LogP contribution is -2.60. The summed E-state index contributed by atoms with van der Waals surface area (Å²) in [6, 6.07) is 28.8. The van der Waals surface area contributed by atoms with Gasteiger partial charge < -0.3 is 25.0 Å². The highest BCUT2D eigenvalue weighted by atomic mass is 32.2. The first kappa shape index (κ1) is 50.1. The van der Waals surface area contributed by atoms with Gasteiger partial charge in [-0.2, -0.15) is 0 Å². The van der Waals surface area contributed by atoms with Crippen molar-refractivity contribution < 1.29 is 32.4 Å². The highest BCUT2D eigenvalue weighted by Gasteiger charge is 2.50. The predicted octanol–water partition coefficient (Wildman–Crippen LogP) is 10.3. The summed E-state index contributed by atoms with van der Waals surface area (Å²) < 4.78 is 50.0. The first-order chi connectivity index (χ1) is 35.0. The van der Waals surface area contributed by atoms with Gasteiger partial charge in [-0.3, -0.25) is 24.7 Å². The number of aromatic amines is 1. The van der Waals surface area contributed by atoms with Crippen LogP contribution in [0.4, 0.5) is 21.5 Å². The molecule has 4 fully saturated rings. The number of fused-ring (bicyclic) bond motifs is 1. The summed E-state index contributed by atoms with van der Waals surface area (Å²) >= 11 is 0. The van der Waals surface area contributed by atoms with Crippen LogP contribution in [0.3, 0.4) is 0 Å². The molecule has 384 valence electrons. The Labute approximate surface area is 426 Å². The Kier molecular flexibility index (Phi) is 14.1. The second kappa shape index (κ2) is 20.5. The van der Waals surface area contributed by atoms with E-state index in [9.17, 15) is 32.8 Å². The zero-order valence-corrected chi connectivity index (χ0v) is 42.5. The smallest absolute Gasteiger partial charge is 0.293 e. The fraction of sp³-hybridized carbons (Fsp3) is 0.429. The monoisotopic (exact) mass is 1010 g/mol. The number of hydrogen-bond acceptors (Lipinski definition) is 12. The molecule has 10 rings (SSSR count). The number of amides is 1. The van der Waals surface area contributed by atoms with Crippen molar-refractivity contribution in [2.24, 2.45) is 11.3 Å². The number of pyridine rings is 1. The minimum atomic E-state index is -4.59. The van der Waals surface area contributed by atoms with Gasteiger partial charge in [0.05, 0.1) is 27.2 Å². The molecule has 1 unspecified atom stereocenters. The lowest BCUT2D eigenvalue weighted by Gasteiger charge is -2.58. The first-order valence-corrected chi connectivity index (χ1v) is 27.1. The van der Waals surface area contributed by atoms with Crippen LogP contribution < -0.4 is 19.7 Å². The molecule has 73 heavy (non-hydrogen) atoms. The van der Waals surface area contributed by atoms with Gasteiger partial charge in [-0.1, -0.05) is 50.2 Å². The summed E-state index contributed by atoms with van der Waals surface area (Å²) in [4.78, 5) is 40.3. The number of sulfonamides is 1. The molecule has 17 heteroatoms. The largest absolute Gasteiger partial charge is 0.455 e. The molecule has 2 aromatic heterocycles. The number of hydrogen-bond donors (Lipinski definition) is 4. The molecule has 0 radical (unpaired) electrons. The second-order valence-electron chi connectivity index (χ2n) is 21.5. The number of benzene rings is 4. The highest BCUT2D eigenvalue weighted by molar-refractivity contribution is 7.90. The molecule has 15 nitrogen and oxygen atoms in total. The normalized spacial score (nSPS) is 21.8. The van der Waals surface area contributed by atoms with E-state index < -0.39 is 37.0 Å². The van der Waals surface area contributed by atoms with Crippen LogP contribution >= 0.6 is 0 Å². The number of aromatic nitrogens is 2. The number of ether oxygens (including phenoxy) is 1. The first-order valence-electron chi connectivity index (χ1n) is 25.6. The molecule has 4 aromatic carbocycles.